The van der Waals surface area contributed by atoms with Crippen LogP contribution in [0.2, 0.25) is 0 Å². The SMILES string of the molecule is C=CCN1C(=S)N(CC)C(=O)C(=CC=Cc2ccco2)C1O. The van der Waals surface area contributed by atoms with Crippen LogP contribution in [0.1, 0.15) is 12.7 Å². The summed E-state index contributed by atoms with van der Waals surface area (Å²) in [5.74, 6) is 0.379. The first-order valence-electron chi connectivity index (χ1n) is 6.93. The summed E-state index contributed by atoms with van der Waals surface area (Å²) < 4.78 is 5.18. The maximum Gasteiger partial charge on any atom is 0.260 e. The van der Waals surface area contributed by atoms with Crippen molar-refractivity contribution in [2.75, 3.05) is 13.1 Å². The van der Waals surface area contributed by atoms with Crippen LogP contribution in [0.25, 0.3) is 6.08 Å². The quantitative estimate of drug-likeness (QED) is 0.512. The van der Waals surface area contributed by atoms with Crippen molar-refractivity contribution in [1.29, 1.82) is 0 Å². The smallest absolute Gasteiger partial charge is 0.260 e. The van der Waals surface area contributed by atoms with Crippen molar-refractivity contribution in [1.82, 2.24) is 9.80 Å². The van der Waals surface area contributed by atoms with Crippen LogP contribution in [0.3, 0.4) is 0 Å². The van der Waals surface area contributed by atoms with Gasteiger partial charge in [0.25, 0.3) is 5.91 Å². The number of likely N-dealkylation sites (N-methyl/N-ethyl adjacent to an activating group) is 1. The summed E-state index contributed by atoms with van der Waals surface area (Å²) in [5.41, 5.74) is 0.264. The fourth-order valence-electron chi connectivity index (χ4n) is 2.17. The van der Waals surface area contributed by atoms with Crippen LogP contribution in [0.5, 0.6) is 0 Å². The third kappa shape index (κ3) is 3.18. The molecule has 1 aromatic heterocycles. The normalized spacial score (nSPS) is 21.2. The number of carbonyl (C=O) groups is 1. The standard InChI is InChI=1S/C16H18N2O3S/c1-3-10-18-15(20)13(14(19)17(4-2)16(18)22)9-5-7-12-8-6-11-21-12/h3,5-9,11,15,20H,1,4,10H2,2H3. The lowest BCUT2D eigenvalue weighted by atomic mass is 10.1. The number of carbonyl (C=O) groups excluding carboxylic acids is 1. The molecule has 2 rings (SSSR count). The molecule has 1 aromatic rings. The van der Waals surface area contributed by atoms with E-state index in [1.165, 1.54) is 4.90 Å². The number of aliphatic hydroxyl groups excluding tert-OH is 1. The highest BCUT2D eigenvalue weighted by molar-refractivity contribution is 7.80. The molecule has 1 N–H and O–H groups in total. The van der Waals surface area contributed by atoms with Crippen LogP contribution >= 0.6 is 12.2 Å². The summed E-state index contributed by atoms with van der Waals surface area (Å²) in [6, 6.07) is 3.57. The Balaban J connectivity index is 2.28. The van der Waals surface area contributed by atoms with Crippen molar-refractivity contribution in [3.63, 3.8) is 0 Å². The molecule has 0 saturated carbocycles. The van der Waals surface area contributed by atoms with Gasteiger partial charge in [0.05, 0.1) is 11.8 Å². The third-order valence-electron chi connectivity index (χ3n) is 3.26. The van der Waals surface area contributed by atoms with Gasteiger partial charge in [-0.1, -0.05) is 12.2 Å². The third-order valence-corrected chi connectivity index (χ3v) is 3.72. The molecule has 1 saturated heterocycles. The summed E-state index contributed by atoms with van der Waals surface area (Å²) in [7, 11) is 0. The van der Waals surface area contributed by atoms with Crippen molar-refractivity contribution in [2.45, 2.75) is 13.2 Å². The van der Waals surface area contributed by atoms with Crippen LogP contribution in [0.4, 0.5) is 0 Å². The largest absolute Gasteiger partial charge is 0.465 e. The highest BCUT2D eigenvalue weighted by Crippen LogP contribution is 2.21. The number of rotatable bonds is 5. The van der Waals surface area contributed by atoms with E-state index >= 15 is 0 Å². The van der Waals surface area contributed by atoms with Crippen molar-refractivity contribution in [3.8, 4) is 0 Å². The van der Waals surface area contributed by atoms with E-state index in [4.69, 9.17) is 16.6 Å². The Labute approximate surface area is 134 Å². The highest BCUT2D eigenvalue weighted by Gasteiger charge is 2.37. The topological polar surface area (TPSA) is 56.9 Å². The van der Waals surface area contributed by atoms with E-state index in [0.29, 0.717) is 24.0 Å². The zero-order valence-electron chi connectivity index (χ0n) is 12.3. The molecule has 0 aliphatic carbocycles. The fraction of sp³-hybridized carbons (Fsp3) is 0.250. The van der Waals surface area contributed by atoms with Gasteiger partial charge in [-0.2, -0.15) is 0 Å². The van der Waals surface area contributed by atoms with Gasteiger partial charge in [-0.15, -0.1) is 6.58 Å². The molecule has 5 nitrogen and oxygen atoms in total. The second kappa shape index (κ2) is 7.20. The predicted octanol–water partition coefficient (Wildman–Crippen LogP) is 2.17. The Morgan fingerprint density at radius 3 is 2.91 bits per heavy atom. The number of hydrogen-bond donors (Lipinski definition) is 1. The molecule has 1 aliphatic heterocycles. The monoisotopic (exact) mass is 318 g/mol. The summed E-state index contributed by atoms with van der Waals surface area (Å²) >= 11 is 5.26. The van der Waals surface area contributed by atoms with E-state index in [1.54, 1.807) is 47.6 Å². The Hall–Kier alpha value is -2.18. The van der Waals surface area contributed by atoms with Gasteiger partial charge < -0.3 is 14.4 Å². The minimum atomic E-state index is -1.08. The van der Waals surface area contributed by atoms with Crippen molar-refractivity contribution in [3.05, 3.63) is 54.5 Å². The maximum absolute atomic E-state index is 12.4. The van der Waals surface area contributed by atoms with Gasteiger partial charge in [-0.3, -0.25) is 9.69 Å². The molecule has 1 amide bonds. The molecular formula is C16H18N2O3S. The van der Waals surface area contributed by atoms with E-state index in [1.807, 2.05) is 6.92 Å². The second-order valence-electron chi connectivity index (χ2n) is 4.64. The van der Waals surface area contributed by atoms with E-state index < -0.39 is 6.23 Å². The van der Waals surface area contributed by atoms with Gasteiger partial charge in [0.2, 0.25) is 0 Å². The minimum absolute atomic E-state index is 0.264. The van der Waals surface area contributed by atoms with E-state index in [9.17, 15) is 9.90 Å². The fourth-order valence-corrected chi connectivity index (χ4v) is 2.55. The lowest BCUT2D eigenvalue weighted by molar-refractivity contribution is -0.128. The summed E-state index contributed by atoms with van der Waals surface area (Å²) in [4.78, 5) is 15.4. The van der Waals surface area contributed by atoms with Gasteiger partial charge in [-0.05, 0) is 43.4 Å². The number of aliphatic hydroxyl groups is 1. The maximum atomic E-state index is 12.4. The minimum Gasteiger partial charge on any atom is -0.465 e. The molecule has 1 unspecified atom stereocenters. The lowest BCUT2D eigenvalue weighted by Crippen LogP contribution is -2.58. The van der Waals surface area contributed by atoms with Crippen LogP contribution in [0.15, 0.2) is 53.2 Å². The molecule has 1 atom stereocenters. The Bertz CT molecular complexity index is 619. The number of allylic oxidation sites excluding steroid dienone is 2. The molecule has 6 heteroatoms. The molecule has 0 aromatic carbocycles. The van der Waals surface area contributed by atoms with E-state index in [2.05, 4.69) is 6.58 Å². The molecule has 0 spiro atoms. The molecule has 0 bridgehead atoms. The number of hydrogen-bond acceptors (Lipinski definition) is 4. The van der Waals surface area contributed by atoms with Crippen LogP contribution in [0, 0.1) is 0 Å². The first-order chi connectivity index (χ1) is 10.6. The molecule has 2 heterocycles. The summed E-state index contributed by atoms with van der Waals surface area (Å²) in [6.45, 7) is 6.30. The van der Waals surface area contributed by atoms with Crippen molar-refractivity contribution >= 4 is 29.3 Å². The van der Waals surface area contributed by atoms with Crippen LogP contribution in [-0.4, -0.2) is 45.2 Å². The predicted molar refractivity (Wildman–Crippen MR) is 88.7 cm³/mol. The van der Waals surface area contributed by atoms with Gasteiger partial charge in [0.15, 0.2) is 11.3 Å². The molecular weight excluding hydrogens is 300 g/mol. The molecule has 116 valence electrons. The van der Waals surface area contributed by atoms with E-state index in [0.717, 1.165) is 0 Å². The van der Waals surface area contributed by atoms with Gasteiger partial charge in [0.1, 0.15) is 5.76 Å². The Morgan fingerprint density at radius 2 is 2.32 bits per heavy atom. The number of thiocarbonyl (C=S) groups is 1. The first-order valence-corrected chi connectivity index (χ1v) is 7.34. The summed E-state index contributed by atoms with van der Waals surface area (Å²) in [5, 5.41) is 10.7. The molecule has 1 fully saturated rings. The van der Waals surface area contributed by atoms with Gasteiger partial charge >= 0.3 is 0 Å². The van der Waals surface area contributed by atoms with Crippen molar-refractivity contribution < 1.29 is 14.3 Å². The lowest BCUT2D eigenvalue weighted by Gasteiger charge is -2.40. The number of furan rings is 1. The Morgan fingerprint density at radius 1 is 1.55 bits per heavy atom. The van der Waals surface area contributed by atoms with Crippen LogP contribution in [-0.2, 0) is 4.79 Å². The highest BCUT2D eigenvalue weighted by atomic mass is 32.1. The van der Waals surface area contributed by atoms with Crippen molar-refractivity contribution in [2.24, 2.45) is 0 Å². The molecule has 1 aliphatic rings. The zero-order valence-corrected chi connectivity index (χ0v) is 13.1. The number of amides is 1. The summed E-state index contributed by atoms with van der Waals surface area (Å²) in [6.07, 6.45) is 7.08. The number of nitrogens with zero attached hydrogens (tertiary/aromatic N) is 2. The first kappa shape index (κ1) is 16.2. The average molecular weight is 318 g/mol. The van der Waals surface area contributed by atoms with E-state index in [-0.39, 0.29) is 11.5 Å². The average Bonchev–Trinajstić information content (AvgIpc) is 3.01. The second-order valence-corrected chi connectivity index (χ2v) is 5.01. The Kier molecular flexibility index (Phi) is 5.30. The zero-order chi connectivity index (χ0) is 16.1. The molecule has 0 radical (unpaired) electrons. The van der Waals surface area contributed by atoms with Gasteiger partial charge in [-0.25, -0.2) is 0 Å². The van der Waals surface area contributed by atoms with Crippen LogP contribution < -0.4 is 0 Å². The van der Waals surface area contributed by atoms with Gasteiger partial charge in [0, 0.05) is 13.1 Å². The molecule has 22 heavy (non-hydrogen) atoms.